The predicted molar refractivity (Wildman–Crippen MR) is 69.0 cm³/mol. The van der Waals surface area contributed by atoms with Gasteiger partial charge in [-0.15, -0.1) is 0 Å². The van der Waals surface area contributed by atoms with Crippen LogP contribution in [0.5, 0.6) is 5.75 Å². The molecule has 1 heterocycles. The summed E-state index contributed by atoms with van der Waals surface area (Å²) in [5.41, 5.74) is 1.11. The molecule has 0 aromatic heterocycles. The number of carboxylic acids is 1. The van der Waals surface area contributed by atoms with Crippen LogP contribution in [0.15, 0.2) is 24.3 Å². The van der Waals surface area contributed by atoms with Crippen LogP contribution in [-0.2, 0) is 4.79 Å². The summed E-state index contributed by atoms with van der Waals surface area (Å²) in [4.78, 5) is 10.9. The molecule has 1 aromatic carbocycles. The van der Waals surface area contributed by atoms with Gasteiger partial charge < -0.3 is 15.2 Å². The van der Waals surface area contributed by atoms with Crippen LogP contribution in [0.4, 0.5) is 0 Å². The van der Waals surface area contributed by atoms with Crippen molar-refractivity contribution in [3.8, 4) is 5.75 Å². The fourth-order valence-corrected chi connectivity index (χ4v) is 2.72. The summed E-state index contributed by atoms with van der Waals surface area (Å²) in [6, 6.07) is 7.88. The number of nitrogens with one attached hydrogen (secondary N) is 1. The van der Waals surface area contributed by atoms with Gasteiger partial charge in [0, 0.05) is 18.9 Å². The maximum absolute atomic E-state index is 10.9. The molecule has 1 aliphatic rings. The molecule has 0 amide bonds. The molecule has 1 aliphatic heterocycles. The number of hydrogen-bond donors (Lipinski definition) is 2. The molecule has 4 nitrogen and oxygen atoms in total. The average Bonchev–Trinajstić information content (AvgIpc) is 2.39. The van der Waals surface area contributed by atoms with Crippen LogP contribution in [0.1, 0.15) is 24.3 Å². The molecule has 4 heteroatoms. The molecule has 1 aromatic rings. The van der Waals surface area contributed by atoms with Crippen molar-refractivity contribution in [2.75, 3.05) is 20.2 Å². The molecule has 2 N–H and O–H groups in total. The third kappa shape index (κ3) is 2.82. The molecule has 2 unspecified atom stereocenters. The smallest absolute Gasteiger partial charge is 0.303 e. The summed E-state index contributed by atoms with van der Waals surface area (Å²) in [6.45, 7) is 1.71. The van der Waals surface area contributed by atoms with Crippen LogP contribution in [0, 0.1) is 5.92 Å². The quantitative estimate of drug-likeness (QED) is 0.855. The van der Waals surface area contributed by atoms with Crippen LogP contribution in [0.2, 0.25) is 0 Å². The van der Waals surface area contributed by atoms with Crippen molar-refractivity contribution in [1.29, 1.82) is 0 Å². The van der Waals surface area contributed by atoms with Gasteiger partial charge in [-0.3, -0.25) is 4.79 Å². The Morgan fingerprint density at radius 3 is 3.00 bits per heavy atom. The molecule has 2 rings (SSSR count). The van der Waals surface area contributed by atoms with Crippen LogP contribution in [-0.4, -0.2) is 31.3 Å². The molecule has 0 aliphatic carbocycles. The van der Waals surface area contributed by atoms with Gasteiger partial charge in [-0.1, -0.05) is 18.2 Å². The Kier molecular flexibility index (Phi) is 4.20. The lowest BCUT2D eigenvalue weighted by Crippen LogP contribution is -2.36. The van der Waals surface area contributed by atoms with E-state index in [9.17, 15) is 4.79 Å². The van der Waals surface area contributed by atoms with E-state index in [4.69, 9.17) is 9.84 Å². The van der Waals surface area contributed by atoms with E-state index in [1.807, 2.05) is 24.3 Å². The molecule has 98 valence electrons. The van der Waals surface area contributed by atoms with E-state index in [2.05, 4.69) is 5.32 Å². The zero-order chi connectivity index (χ0) is 13.0. The fraction of sp³-hybridized carbons (Fsp3) is 0.500. The SMILES string of the molecule is COc1ccccc1C1CNCCC1CC(=O)O. The third-order valence-corrected chi connectivity index (χ3v) is 3.60. The van der Waals surface area contributed by atoms with E-state index >= 15 is 0 Å². The fourth-order valence-electron chi connectivity index (χ4n) is 2.72. The van der Waals surface area contributed by atoms with Crippen LogP contribution < -0.4 is 10.1 Å². The van der Waals surface area contributed by atoms with Gasteiger partial charge >= 0.3 is 5.97 Å². The molecule has 1 saturated heterocycles. The predicted octanol–water partition coefficient (Wildman–Crippen LogP) is 1.86. The highest BCUT2D eigenvalue weighted by Gasteiger charge is 2.29. The maximum Gasteiger partial charge on any atom is 0.303 e. The molecule has 2 atom stereocenters. The van der Waals surface area contributed by atoms with Crippen molar-refractivity contribution in [3.63, 3.8) is 0 Å². The summed E-state index contributed by atoms with van der Waals surface area (Å²) in [5.74, 6) is 0.523. The summed E-state index contributed by atoms with van der Waals surface area (Å²) >= 11 is 0. The number of piperidine rings is 1. The number of para-hydroxylation sites is 1. The van der Waals surface area contributed by atoms with E-state index < -0.39 is 5.97 Å². The van der Waals surface area contributed by atoms with Gasteiger partial charge in [0.2, 0.25) is 0 Å². The second kappa shape index (κ2) is 5.87. The minimum absolute atomic E-state index is 0.181. The highest BCUT2D eigenvalue weighted by Crippen LogP contribution is 2.36. The minimum Gasteiger partial charge on any atom is -0.496 e. The van der Waals surface area contributed by atoms with Crippen LogP contribution >= 0.6 is 0 Å². The first kappa shape index (κ1) is 12.9. The van der Waals surface area contributed by atoms with Gasteiger partial charge in [0.1, 0.15) is 5.75 Å². The third-order valence-electron chi connectivity index (χ3n) is 3.60. The first-order valence-electron chi connectivity index (χ1n) is 6.27. The van der Waals surface area contributed by atoms with Crippen molar-refractivity contribution in [3.05, 3.63) is 29.8 Å². The lowest BCUT2D eigenvalue weighted by atomic mass is 9.79. The van der Waals surface area contributed by atoms with Gasteiger partial charge in [0.05, 0.1) is 7.11 Å². The Labute approximate surface area is 107 Å². The van der Waals surface area contributed by atoms with Crippen LogP contribution in [0.25, 0.3) is 0 Å². The minimum atomic E-state index is -0.721. The normalized spacial score (nSPS) is 23.6. The number of hydrogen-bond acceptors (Lipinski definition) is 3. The lowest BCUT2D eigenvalue weighted by Gasteiger charge is -2.32. The highest BCUT2D eigenvalue weighted by atomic mass is 16.5. The van der Waals surface area contributed by atoms with Gasteiger partial charge in [0.25, 0.3) is 0 Å². The van der Waals surface area contributed by atoms with Gasteiger partial charge in [0.15, 0.2) is 0 Å². The number of carboxylic acid groups (broad SMARTS) is 1. The van der Waals surface area contributed by atoms with E-state index in [1.54, 1.807) is 7.11 Å². The second-order valence-electron chi connectivity index (χ2n) is 4.70. The maximum atomic E-state index is 10.9. The second-order valence-corrected chi connectivity index (χ2v) is 4.70. The molecular formula is C14H19NO3. The number of rotatable bonds is 4. The molecule has 0 saturated carbocycles. The largest absolute Gasteiger partial charge is 0.496 e. The van der Waals surface area contributed by atoms with Crippen molar-refractivity contribution in [2.45, 2.75) is 18.8 Å². The standard InChI is InChI=1S/C14H19NO3/c1-18-13-5-3-2-4-11(13)12-9-15-7-6-10(12)8-14(16)17/h2-5,10,12,15H,6-9H2,1H3,(H,16,17). The molecule has 0 radical (unpaired) electrons. The first-order valence-corrected chi connectivity index (χ1v) is 6.27. The molecule has 0 bridgehead atoms. The Morgan fingerprint density at radius 1 is 1.50 bits per heavy atom. The summed E-state index contributed by atoms with van der Waals surface area (Å²) in [5, 5.41) is 12.3. The lowest BCUT2D eigenvalue weighted by molar-refractivity contribution is -0.138. The Hall–Kier alpha value is -1.55. The molecule has 0 spiro atoms. The topological polar surface area (TPSA) is 58.6 Å². The highest BCUT2D eigenvalue weighted by molar-refractivity contribution is 5.67. The molecular weight excluding hydrogens is 230 g/mol. The number of aliphatic carboxylic acids is 1. The summed E-state index contributed by atoms with van der Waals surface area (Å²) < 4.78 is 5.38. The number of ether oxygens (including phenoxy) is 1. The Balaban J connectivity index is 2.24. The van der Waals surface area contributed by atoms with Gasteiger partial charge in [-0.2, -0.15) is 0 Å². The first-order chi connectivity index (χ1) is 8.72. The summed E-state index contributed by atoms with van der Waals surface area (Å²) in [6.07, 6.45) is 1.12. The van der Waals surface area contributed by atoms with E-state index in [0.717, 1.165) is 30.8 Å². The zero-order valence-corrected chi connectivity index (χ0v) is 10.6. The molecule has 1 fully saturated rings. The zero-order valence-electron chi connectivity index (χ0n) is 10.6. The van der Waals surface area contributed by atoms with E-state index in [-0.39, 0.29) is 18.3 Å². The van der Waals surface area contributed by atoms with E-state index in [0.29, 0.717) is 0 Å². The van der Waals surface area contributed by atoms with Crippen molar-refractivity contribution < 1.29 is 14.6 Å². The monoisotopic (exact) mass is 249 g/mol. The Morgan fingerprint density at radius 2 is 2.28 bits per heavy atom. The van der Waals surface area contributed by atoms with Crippen LogP contribution in [0.3, 0.4) is 0 Å². The number of methoxy groups -OCH3 is 1. The van der Waals surface area contributed by atoms with Gasteiger partial charge in [-0.05, 0) is 30.5 Å². The number of benzene rings is 1. The average molecular weight is 249 g/mol. The Bertz CT molecular complexity index is 419. The molecule has 18 heavy (non-hydrogen) atoms. The van der Waals surface area contributed by atoms with Crippen molar-refractivity contribution >= 4 is 5.97 Å². The van der Waals surface area contributed by atoms with Crippen molar-refractivity contribution in [2.24, 2.45) is 5.92 Å². The van der Waals surface area contributed by atoms with Crippen molar-refractivity contribution in [1.82, 2.24) is 5.32 Å². The van der Waals surface area contributed by atoms with E-state index in [1.165, 1.54) is 0 Å². The summed E-state index contributed by atoms with van der Waals surface area (Å²) in [7, 11) is 1.65. The van der Waals surface area contributed by atoms with Gasteiger partial charge in [-0.25, -0.2) is 0 Å². The number of carbonyl (C=O) groups is 1.